The number of Topliss-reactive ketones (excluding diaryl/α,β-unsaturated/α-hetero) is 1. The smallest absolute Gasteiger partial charge is 0.162 e. The predicted octanol–water partition coefficient (Wildman–Crippen LogP) is 1.99. The van der Waals surface area contributed by atoms with Gasteiger partial charge in [-0.3, -0.25) is 4.79 Å². The van der Waals surface area contributed by atoms with E-state index >= 15 is 0 Å². The monoisotopic (exact) mass is 252 g/mol. The normalized spacial score (nSPS) is 19.1. The van der Waals surface area contributed by atoms with Gasteiger partial charge in [-0.05, 0) is 24.1 Å². The van der Waals surface area contributed by atoms with Gasteiger partial charge in [0.05, 0.1) is 13.2 Å². The second-order valence-corrected chi connectivity index (χ2v) is 4.59. The third kappa shape index (κ3) is 4.20. The highest BCUT2D eigenvalue weighted by molar-refractivity contribution is 5.82. The molecule has 1 saturated heterocycles. The first-order chi connectivity index (χ1) is 8.74. The Labute approximate surface area is 106 Å². The van der Waals surface area contributed by atoms with Crippen LogP contribution in [0.15, 0.2) is 24.3 Å². The van der Waals surface area contributed by atoms with E-state index in [-0.39, 0.29) is 18.2 Å². The Morgan fingerprint density at radius 1 is 1.39 bits per heavy atom. The van der Waals surface area contributed by atoms with Gasteiger partial charge in [0.15, 0.2) is 5.78 Å². The van der Waals surface area contributed by atoms with E-state index in [9.17, 15) is 9.18 Å². The maximum atomic E-state index is 12.7. The molecular formula is C14H17FO3. The van der Waals surface area contributed by atoms with Crippen molar-refractivity contribution in [2.24, 2.45) is 5.92 Å². The molecule has 0 aromatic heterocycles. The van der Waals surface area contributed by atoms with E-state index in [4.69, 9.17) is 9.47 Å². The van der Waals surface area contributed by atoms with Crippen molar-refractivity contribution in [3.63, 3.8) is 0 Å². The zero-order valence-electron chi connectivity index (χ0n) is 10.2. The van der Waals surface area contributed by atoms with Gasteiger partial charge in [0.1, 0.15) is 12.4 Å². The van der Waals surface area contributed by atoms with Gasteiger partial charge in [0.25, 0.3) is 0 Å². The van der Waals surface area contributed by atoms with Gasteiger partial charge in [-0.15, -0.1) is 0 Å². The Hall–Kier alpha value is -1.26. The molecule has 0 saturated carbocycles. The van der Waals surface area contributed by atoms with Crippen molar-refractivity contribution in [1.29, 1.82) is 0 Å². The van der Waals surface area contributed by atoms with Crippen LogP contribution >= 0.6 is 0 Å². The van der Waals surface area contributed by atoms with Crippen molar-refractivity contribution in [1.82, 2.24) is 0 Å². The highest BCUT2D eigenvalue weighted by Gasteiger charge is 2.16. The quantitative estimate of drug-likeness (QED) is 0.776. The Balaban J connectivity index is 1.66. The minimum absolute atomic E-state index is 0.0144. The molecule has 1 aliphatic rings. The molecule has 1 fully saturated rings. The zero-order valence-corrected chi connectivity index (χ0v) is 10.2. The van der Waals surface area contributed by atoms with Crippen molar-refractivity contribution in [2.75, 3.05) is 26.4 Å². The fourth-order valence-electron chi connectivity index (χ4n) is 1.94. The van der Waals surface area contributed by atoms with Crippen molar-refractivity contribution in [3.8, 4) is 0 Å². The van der Waals surface area contributed by atoms with Crippen LogP contribution in [0.4, 0.5) is 4.39 Å². The third-order valence-electron chi connectivity index (χ3n) is 2.96. The van der Waals surface area contributed by atoms with Crippen LogP contribution < -0.4 is 0 Å². The molecule has 1 unspecified atom stereocenters. The van der Waals surface area contributed by atoms with E-state index in [1.807, 2.05) is 0 Å². The molecule has 4 heteroatoms. The number of rotatable bonds is 6. The number of carbonyl (C=O) groups is 1. The minimum Gasteiger partial charge on any atom is -0.381 e. The van der Waals surface area contributed by atoms with Crippen LogP contribution in [0.5, 0.6) is 0 Å². The Bertz CT molecular complexity index is 383. The van der Waals surface area contributed by atoms with Gasteiger partial charge in [0.2, 0.25) is 0 Å². The molecule has 1 atom stereocenters. The van der Waals surface area contributed by atoms with Crippen LogP contribution in [0.2, 0.25) is 0 Å². The Morgan fingerprint density at radius 3 is 2.83 bits per heavy atom. The van der Waals surface area contributed by atoms with Crippen LogP contribution in [-0.2, 0) is 20.7 Å². The van der Waals surface area contributed by atoms with Crippen molar-refractivity contribution in [2.45, 2.75) is 12.8 Å². The molecule has 0 amide bonds. The third-order valence-corrected chi connectivity index (χ3v) is 2.96. The predicted molar refractivity (Wildman–Crippen MR) is 64.9 cm³/mol. The molecular weight excluding hydrogens is 235 g/mol. The summed E-state index contributed by atoms with van der Waals surface area (Å²) in [5.41, 5.74) is 0.814. The summed E-state index contributed by atoms with van der Waals surface area (Å²) < 4.78 is 23.3. The lowest BCUT2D eigenvalue weighted by Crippen LogP contribution is -2.16. The second-order valence-electron chi connectivity index (χ2n) is 4.59. The van der Waals surface area contributed by atoms with Gasteiger partial charge in [-0.1, -0.05) is 12.1 Å². The molecule has 0 spiro atoms. The topological polar surface area (TPSA) is 35.5 Å². The maximum absolute atomic E-state index is 12.7. The second kappa shape index (κ2) is 6.61. The summed E-state index contributed by atoms with van der Waals surface area (Å²) in [5, 5.41) is 0. The van der Waals surface area contributed by atoms with E-state index in [0.29, 0.717) is 18.9 Å². The number of halogens is 1. The van der Waals surface area contributed by atoms with Gasteiger partial charge >= 0.3 is 0 Å². The fraction of sp³-hybridized carbons (Fsp3) is 0.500. The van der Waals surface area contributed by atoms with Crippen LogP contribution in [0.1, 0.15) is 12.0 Å². The average Bonchev–Trinajstić information content (AvgIpc) is 2.85. The van der Waals surface area contributed by atoms with Crippen molar-refractivity contribution < 1.29 is 18.7 Å². The lowest BCUT2D eigenvalue weighted by Gasteiger charge is -2.08. The molecule has 2 rings (SSSR count). The van der Waals surface area contributed by atoms with Crippen LogP contribution in [0, 0.1) is 11.7 Å². The fourth-order valence-corrected chi connectivity index (χ4v) is 1.94. The molecule has 98 valence electrons. The molecule has 0 aliphatic carbocycles. The van der Waals surface area contributed by atoms with E-state index < -0.39 is 0 Å². The maximum Gasteiger partial charge on any atom is 0.162 e. The zero-order chi connectivity index (χ0) is 12.8. The van der Waals surface area contributed by atoms with Crippen molar-refractivity contribution >= 4 is 5.78 Å². The first-order valence-electron chi connectivity index (χ1n) is 6.15. The van der Waals surface area contributed by atoms with Crippen molar-refractivity contribution in [3.05, 3.63) is 35.6 Å². The largest absolute Gasteiger partial charge is 0.381 e. The summed E-state index contributed by atoms with van der Waals surface area (Å²) in [6.45, 7) is 2.22. The van der Waals surface area contributed by atoms with Crippen LogP contribution in [-0.4, -0.2) is 32.2 Å². The number of carbonyl (C=O) groups excluding carboxylic acids is 1. The first kappa shape index (κ1) is 13.2. The van der Waals surface area contributed by atoms with E-state index in [1.165, 1.54) is 12.1 Å². The van der Waals surface area contributed by atoms with Gasteiger partial charge in [0, 0.05) is 18.9 Å². The molecule has 18 heavy (non-hydrogen) atoms. The van der Waals surface area contributed by atoms with Gasteiger partial charge in [-0.2, -0.15) is 0 Å². The highest BCUT2D eigenvalue weighted by atomic mass is 19.1. The number of hydrogen-bond donors (Lipinski definition) is 0. The average molecular weight is 252 g/mol. The summed E-state index contributed by atoms with van der Waals surface area (Å²) in [5.74, 6) is 0.146. The molecule has 0 radical (unpaired) electrons. The number of benzene rings is 1. The lowest BCUT2D eigenvalue weighted by molar-refractivity contribution is -0.123. The summed E-state index contributed by atoms with van der Waals surface area (Å²) in [6, 6.07) is 5.97. The summed E-state index contributed by atoms with van der Waals surface area (Å²) in [7, 11) is 0. The van der Waals surface area contributed by atoms with Gasteiger partial charge < -0.3 is 9.47 Å². The number of ether oxygens (including phenoxy) is 2. The highest BCUT2D eigenvalue weighted by Crippen LogP contribution is 2.12. The molecule has 0 bridgehead atoms. The minimum atomic E-state index is -0.288. The number of hydrogen-bond acceptors (Lipinski definition) is 3. The molecule has 1 aromatic rings. The summed E-state index contributed by atoms with van der Waals surface area (Å²) in [6.07, 6.45) is 1.30. The Morgan fingerprint density at radius 2 is 2.17 bits per heavy atom. The molecule has 1 aliphatic heterocycles. The van der Waals surface area contributed by atoms with Crippen LogP contribution in [0.3, 0.4) is 0 Å². The number of ketones is 1. The van der Waals surface area contributed by atoms with Crippen LogP contribution in [0.25, 0.3) is 0 Å². The molecule has 3 nitrogen and oxygen atoms in total. The van der Waals surface area contributed by atoms with Gasteiger partial charge in [-0.25, -0.2) is 4.39 Å². The van der Waals surface area contributed by atoms with E-state index in [1.54, 1.807) is 12.1 Å². The van der Waals surface area contributed by atoms with E-state index in [0.717, 1.165) is 25.2 Å². The molecule has 1 heterocycles. The standard InChI is InChI=1S/C14H17FO3/c15-13-3-1-11(2-4-13)7-14(16)10-18-9-12-5-6-17-8-12/h1-4,12H,5-10H2. The SMILES string of the molecule is O=C(COCC1CCOC1)Cc1ccc(F)cc1. The summed E-state index contributed by atoms with van der Waals surface area (Å²) >= 11 is 0. The first-order valence-corrected chi connectivity index (χ1v) is 6.15. The lowest BCUT2D eigenvalue weighted by atomic mass is 10.1. The molecule has 0 N–H and O–H groups in total. The van der Waals surface area contributed by atoms with E-state index in [2.05, 4.69) is 0 Å². The Kier molecular flexibility index (Phi) is 4.84. The summed E-state index contributed by atoms with van der Waals surface area (Å²) in [4.78, 5) is 11.6. The molecule has 1 aromatic carbocycles.